The first-order valence-electron chi connectivity index (χ1n) is 11.3. The molecule has 7 nitrogen and oxygen atoms in total. The fourth-order valence-corrected chi connectivity index (χ4v) is 5.13. The zero-order valence-corrected chi connectivity index (χ0v) is 23.4. The second-order valence-corrected chi connectivity index (χ2v) is 11.2. The fraction of sp³-hybridized carbons (Fsp3) is 0.231. The summed E-state index contributed by atoms with van der Waals surface area (Å²) in [6, 6.07) is 16.9. The molecule has 0 radical (unpaired) electrons. The van der Waals surface area contributed by atoms with Gasteiger partial charge >= 0.3 is 0 Å². The number of hydrogen-bond acceptors (Lipinski definition) is 5. The molecule has 1 amide bonds. The van der Waals surface area contributed by atoms with Crippen molar-refractivity contribution in [1.82, 2.24) is 5.32 Å². The normalized spacial score (nSPS) is 11.0. The average molecular weight is 591 g/mol. The number of unbranched alkanes of at least 4 members (excludes halogenated alkanes) is 1. The van der Waals surface area contributed by atoms with Gasteiger partial charge in [-0.15, -0.1) is 0 Å². The largest absolute Gasteiger partial charge is 0.493 e. The third-order valence-electron chi connectivity index (χ3n) is 5.31. The molecule has 0 saturated carbocycles. The monoisotopic (exact) mass is 589 g/mol. The van der Waals surface area contributed by atoms with E-state index >= 15 is 0 Å². The van der Waals surface area contributed by atoms with Crippen LogP contribution in [0.15, 0.2) is 70.0 Å². The smallest absolute Gasteiger partial charge is 0.261 e. The Balaban J connectivity index is 1.66. The van der Waals surface area contributed by atoms with Gasteiger partial charge in [-0.3, -0.25) is 14.8 Å². The van der Waals surface area contributed by atoms with Gasteiger partial charge in [0.15, 0.2) is 5.11 Å². The Morgan fingerprint density at radius 1 is 1.03 bits per heavy atom. The highest BCUT2D eigenvalue weighted by molar-refractivity contribution is 9.10. The van der Waals surface area contributed by atoms with Crippen molar-refractivity contribution in [2.75, 3.05) is 16.6 Å². The van der Waals surface area contributed by atoms with E-state index in [4.69, 9.17) is 17.0 Å². The first kappa shape index (κ1) is 27.6. The lowest BCUT2D eigenvalue weighted by Gasteiger charge is -2.15. The van der Waals surface area contributed by atoms with Crippen LogP contribution in [0.1, 0.15) is 41.3 Å². The number of carbonyl (C=O) groups is 1. The maximum absolute atomic E-state index is 12.9. The van der Waals surface area contributed by atoms with Gasteiger partial charge in [0.05, 0.1) is 22.8 Å². The van der Waals surface area contributed by atoms with Crippen molar-refractivity contribution in [3.8, 4) is 5.75 Å². The molecule has 0 aliphatic rings. The van der Waals surface area contributed by atoms with Gasteiger partial charge in [-0.1, -0.05) is 47.5 Å². The number of carbonyl (C=O) groups excluding carboxylic acids is 1. The minimum Gasteiger partial charge on any atom is -0.493 e. The maximum atomic E-state index is 12.9. The van der Waals surface area contributed by atoms with Crippen molar-refractivity contribution < 1.29 is 17.9 Å². The highest BCUT2D eigenvalue weighted by Crippen LogP contribution is 2.25. The molecule has 0 fully saturated rings. The van der Waals surface area contributed by atoms with Gasteiger partial charge in [0, 0.05) is 10.2 Å². The van der Waals surface area contributed by atoms with E-state index in [9.17, 15) is 13.2 Å². The van der Waals surface area contributed by atoms with Gasteiger partial charge in [-0.25, -0.2) is 8.42 Å². The standard InChI is InChI=1S/C26H28BrN3O4S2/c1-4-5-15-34-23-14-9-19(27)16-22(23)25(31)29-26(35)28-20-10-12-21(13-11-20)36(32,33)30-24-17(2)7-6-8-18(24)3/h6-14,16,30H,4-5,15H2,1-3H3,(H2,28,29,31,35). The molecule has 0 atom stereocenters. The lowest BCUT2D eigenvalue weighted by atomic mass is 10.1. The molecule has 0 aliphatic carbocycles. The third-order valence-corrected chi connectivity index (χ3v) is 7.37. The summed E-state index contributed by atoms with van der Waals surface area (Å²) < 4.78 is 34.9. The highest BCUT2D eigenvalue weighted by Gasteiger charge is 2.18. The van der Waals surface area contributed by atoms with Gasteiger partial charge < -0.3 is 10.1 Å². The van der Waals surface area contributed by atoms with Crippen LogP contribution >= 0.6 is 28.1 Å². The summed E-state index contributed by atoms with van der Waals surface area (Å²) in [7, 11) is -3.78. The number of nitrogens with one attached hydrogen (secondary N) is 3. The number of sulfonamides is 1. The van der Waals surface area contributed by atoms with Gasteiger partial charge in [0.2, 0.25) is 0 Å². The molecule has 3 N–H and O–H groups in total. The molecule has 0 unspecified atom stereocenters. The second kappa shape index (κ2) is 12.3. The van der Waals surface area contributed by atoms with Crippen molar-refractivity contribution >= 4 is 60.6 Å². The average Bonchev–Trinajstić information content (AvgIpc) is 2.83. The number of hydrogen-bond donors (Lipinski definition) is 3. The zero-order valence-electron chi connectivity index (χ0n) is 20.2. The molecule has 0 heterocycles. The zero-order chi connectivity index (χ0) is 26.3. The summed E-state index contributed by atoms with van der Waals surface area (Å²) in [5.41, 5.74) is 3.11. The van der Waals surface area contributed by atoms with Crippen molar-refractivity contribution in [2.24, 2.45) is 0 Å². The van der Waals surface area contributed by atoms with Crippen LogP contribution in [0.3, 0.4) is 0 Å². The molecule has 36 heavy (non-hydrogen) atoms. The summed E-state index contributed by atoms with van der Waals surface area (Å²) in [5.74, 6) is 0.0511. The van der Waals surface area contributed by atoms with Crippen LogP contribution < -0.4 is 20.1 Å². The summed E-state index contributed by atoms with van der Waals surface area (Å²) >= 11 is 8.67. The number of amides is 1. The number of aryl methyl sites for hydroxylation is 2. The molecule has 3 aromatic rings. The molecule has 10 heteroatoms. The number of ether oxygens (including phenoxy) is 1. The highest BCUT2D eigenvalue weighted by atomic mass is 79.9. The fourth-order valence-electron chi connectivity index (χ4n) is 3.35. The summed E-state index contributed by atoms with van der Waals surface area (Å²) in [6.07, 6.45) is 1.86. The quantitative estimate of drug-likeness (QED) is 0.204. The second-order valence-electron chi connectivity index (χ2n) is 8.15. The Morgan fingerprint density at radius 3 is 2.33 bits per heavy atom. The van der Waals surface area contributed by atoms with E-state index in [1.807, 2.05) is 32.0 Å². The van der Waals surface area contributed by atoms with Crippen molar-refractivity contribution in [3.63, 3.8) is 0 Å². The first-order valence-corrected chi connectivity index (χ1v) is 14.0. The van der Waals surface area contributed by atoms with E-state index in [0.29, 0.717) is 29.3 Å². The van der Waals surface area contributed by atoms with Gasteiger partial charge in [-0.05, 0) is 86.1 Å². The Kier molecular flexibility index (Phi) is 9.47. The number of benzene rings is 3. The lowest BCUT2D eigenvalue weighted by Crippen LogP contribution is -2.34. The maximum Gasteiger partial charge on any atom is 0.261 e. The summed E-state index contributed by atoms with van der Waals surface area (Å²) in [5, 5.41) is 5.62. The van der Waals surface area contributed by atoms with Gasteiger partial charge in [-0.2, -0.15) is 0 Å². The summed E-state index contributed by atoms with van der Waals surface area (Å²) in [6.45, 7) is 6.27. The van der Waals surface area contributed by atoms with Crippen molar-refractivity contribution in [3.05, 3.63) is 81.8 Å². The SMILES string of the molecule is CCCCOc1ccc(Br)cc1C(=O)NC(=S)Nc1ccc(S(=O)(=O)Nc2c(C)cccc2C)cc1. The van der Waals surface area contributed by atoms with Crippen LogP contribution in [0.25, 0.3) is 0 Å². The Labute approximate surface area is 225 Å². The number of para-hydroxylation sites is 1. The molecule has 0 aromatic heterocycles. The lowest BCUT2D eigenvalue weighted by molar-refractivity contribution is 0.0973. The van der Waals surface area contributed by atoms with Crippen molar-refractivity contribution in [2.45, 2.75) is 38.5 Å². The van der Waals surface area contributed by atoms with Crippen LogP contribution in [0, 0.1) is 13.8 Å². The minimum atomic E-state index is -3.78. The molecular formula is C26H28BrN3O4S2. The molecule has 3 rings (SSSR count). The number of anilines is 2. The minimum absolute atomic E-state index is 0.0729. The molecule has 0 spiro atoms. The van der Waals surface area contributed by atoms with E-state index in [2.05, 4.69) is 38.2 Å². The van der Waals surface area contributed by atoms with E-state index in [1.165, 1.54) is 12.1 Å². The van der Waals surface area contributed by atoms with Gasteiger partial charge in [0.1, 0.15) is 5.75 Å². The predicted octanol–water partition coefficient (Wildman–Crippen LogP) is 6.17. The molecule has 190 valence electrons. The summed E-state index contributed by atoms with van der Waals surface area (Å²) in [4.78, 5) is 12.9. The third kappa shape index (κ3) is 7.28. The van der Waals surface area contributed by atoms with Gasteiger partial charge in [0.25, 0.3) is 15.9 Å². The van der Waals surface area contributed by atoms with Crippen LogP contribution in [0.2, 0.25) is 0 Å². The molecular weight excluding hydrogens is 562 g/mol. The Bertz CT molecular complexity index is 1340. The first-order chi connectivity index (χ1) is 17.1. The van der Waals surface area contributed by atoms with Crippen LogP contribution in [-0.4, -0.2) is 26.0 Å². The number of thiocarbonyl (C=S) groups is 1. The molecule has 3 aromatic carbocycles. The van der Waals surface area contributed by atoms with E-state index in [1.54, 1.807) is 30.3 Å². The van der Waals surface area contributed by atoms with E-state index < -0.39 is 15.9 Å². The Morgan fingerprint density at radius 2 is 1.69 bits per heavy atom. The Hall–Kier alpha value is -2.95. The van der Waals surface area contributed by atoms with Crippen LogP contribution in [-0.2, 0) is 10.0 Å². The van der Waals surface area contributed by atoms with E-state index in [-0.39, 0.29) is 10.0 Å². The van der Waals surface area contributed by atoms with Crippen molar-refractivity contribution in [1.29, 1.82) is 0 Å². The molecule has 0 saturated heterocycles. The number of rotatable bonds is 9. The van der Waals surface area contributed by atoms with E-state index in [0.717, 1.165) is 28.4 Å². The molecule has 0 bridgehead atoms. The van der Waals surface area contributed by atoms with Crippen LogP contribution in [0.5, 0.6) is 5.75 Å². The predicted molar refractivity (Wildman–Crippen MR) is 151 cm³/mol. The number of halogens is 1. The topological polar surface area (TPSA) is 96.5 Å². The molecule has 0 aliphatic heterocycles. The van der Waals surface area contributed by atoms with Crippen LogP contribution in [0.4, 0.5) is 11.4 Å².